The van der Waals surface area contributed by atoms with Gasteiger partial charge in [-0.15, -0.1) is 0 Å². The molecular formula is C13H22N2O5. The lowest BCUT2D eigenvalue weighted by molar-refractivity contribution is -0.144. The Morgan fingerprint density at radius 1 is 1.45 bits per heavy atom. The lowest BCUT2D eigenvalue weighted by Crippen LogP contribution is -2.43. The highest BCUT2D eigenvalue weighted by Crippen LogP contribution is 2.14. The molecular weight excluding hydrogens is 264 g/mol. The number of hydrogen-bond acceptors (Lipinski definition) is 5. The second-order valence-electron chi connectivity index (χ2n) is 4.99. The van der Waals surface area contributed by atoms with Crippen molar-refractivity contribution in [2.45, 2.75) is 38.1 Å². The van der Waals surface area contributed by atoms with Gasteiger partial charge in [0.05, 0.1) is 7.11 Å². The zero-order chi connectivity index (χ0) is 15.0. The zero-order valence-electron chi connectivity index (χ0n) is 11.7. The molecule has 0 aromatic heterocycles. The number of esters is 1. The number of methoxy groups -OCH3 is 1. The Bertz CT molecular complexity index is 353. The number of piperidine rings is 1. The highest BCUT2D eigenvalue weighted by atomic mass is 16.5. The van der Waals surface area contributed by atoms with Crippen molar-refractivity contribution in [2.24, 2.45) is 5.92 Å². The zero-order valence-corrected chi connectivity index (χ0v) is 11.7. The van der Waals surface area contributed by atoms with Crippen LogP contribution in [0.4, 0.5) is 0 Å². The average Bonchev–Trinajstić information content (AvgIpc) is 2.43. The van der Waals surface area contributed by atoms with Gasteiger partial charge in [0, 0.05) is 12.8 Å². The summed E-state index contributed by atoms with van der Waals surface area (Å²) in [5.41, 5.74) is 0. The number of nitrogens with one attached hydrogen (secondary N) is 2. The van der Waals surface area contributed by atoms with Gasteiger partial charge >= 0.3 is 11.9 Å². The lowest BCUT2D eigenvalue weighted by Gasteiger charge is -2.23. The second-order valence-corrected chi connectivity index (χ2v) is 4.99. The van der Waals surface area contributed by atoms with E-state index in [-0.39, 0.29) is 24.7 Å². The fourth-order valence-electron chi connectivity index (χ4n) is 2.24. The van der Waals surface area contributed by atoms with Crippen molar-refractivity contribution in [3.63, 3.8) is 0 Å². The van der Waals surface area contributed by atoms with E-state index < -0.39 is 18.0 Å². The van der Waals surface area contributed by atoms with E-state index in [4.69, 9.17) is 5.11 Å². The number of carboxylic acids is 1. The molecule has 1 rings (SSSR count). The Morgan fingerprint density at radius 2 is 2.20 bits per heavy atom. The molecule has 3 N–H and O–H groups in total. The van der Waals surface area contributed by atoms with Crippen LogP contribution in [-0.4, -0.2) is 49.2 Å². The molecule has 0 saturated carbocycles. The van der Waals surface area contributed by atoms with E-state index in [1.807, 2.05) is 0 Å². The van der Waals surface area contributed by atoms with Crippen molar-refractivity contribution < 1.29 is 24.2 Å². The summed E-state index contributed by atoms with van der Waals surface area (Å²) >= 11 is 0. The summed E-state index contributed by atoms with van der Waals surface area (Å²) in [4.78, 5) is 33.9. The Morgan fingerprint density at radius 3 is 2.75 bits per heavy atom. The summed E-state index contributed by atoms with van der Waals surface area (Å²) in [6.07, 6.45) is 2.33. The average molecular weight is 286 g/mol. The van der Waals surface area contributed by atoms with E-state index in [2.05, 4.69) is 15.4 Å². The first-order valence-electron chi connectivity index (χ1n) is 6.82. The predicted octanol–water partition coefficient (Wildman–Crippen LogP) is -0.101. The summed E-state index contributed by atoms with van der Waals surface area (Å²) in [6.45, 7) is 1.75. The minimum Gasteiger partial charge on any atom is -0.480 e. The number of amides is 1. The van der Waals surface area contributed by atoms with Gasteiger partial charge < -0.3 is 20.5 Å². The van der Waals surface area contributed by atoms with Gasteiger partial charge in [0.15, 0.2) is 0 Å². The lowest BCUT2D eigenvalue weighted by atomic mass is 9.95. The number of aliphatic carboxylic acids is 1. The minimum absolute atomic E-state index is 0.0290. The van der Waals surface area contributed by atoms with Crippen molar-refractivity contribution in [3.05, 3.63) is 0 Å². The Labute approximate surface area is 118 Å². The largest absolute Gasteiger partial charge is 0.480 e. The van der Waals surface area contributed by atoms with Crippen LogP contribution in [-0.2, 0) is 19.1 Å². The van der Waals surface area contributed by atoms with Crippen LogP contribution < -0.4 is 10.6 Å². The number of rotatable bonds is 7. The molecule has 0 bridgehead atoms. The predicted molar refractivity (Wildman–Crippen MR) is 71.0 cm³/mol. The molecule has 1 heterocycles. The number of carbonyl (C=O) groups is 3. The maximum atomic E-state index is 11.8. The summed E-state index contributed by atoms with van der Waals surface area (Å²) in [7, 11) is 1.24. The van der Waals surface area contributed by atoms with Gasteiger partial charge in [0.25, 0.3) is 0 Å². The molecule has 1 amide bonds. The minimum atomic E-state index is -1.14. The fraction of sp³-hybridized carbons (Fsp3) is 0.769. The molecule has 2 unspecified atom stereocenters. The summed E-state index contributed by atoms with van der Waals surface area (Å²) in [5, 5.41) is 14.7. The number of carbonyl (C=O) groups excluding carboxylic acids is 2. The first kappa shape index (κ1) is 16.4. The molecule has 1 aliphatic heterocycles. The molecule has 0 aromatic rings. The Hall–Kier alpha value is -1.63. The highest BCUT2D eigenvalue weighted by Gasteiger charge is 2.23. The van der Waals surface area contributed by atoms with Crippen molar-refractivity contribution in [1.29, 1.82) is 0 Å². The molecule has 0 spiro atoms. The molecule has 1 fully saturated rings. The Kier molecular flexibility index (Phi) is 7.00. The monoisotopic (exact) mass is 286 g/mol. The van der Waals surface area contributed by atoms with Crippen LogP contribution in [0.25, 0.3) is 0 Å². The third-order valence-corrected chi connectivity index (χ3v) is 3.37. The SMILES string of the molecule is COC(=O)CCC(NC(=O)CC1CCCNC1)C(=O)O. The third-order valence-electron chi connectivity index (χ3n) is 3.37. The smallest absolute Gasteiger partial charge is 0.326 e. The van der Waals surface area contributed by atoms with Crippen molar-refractivity contribution in [1.82, 2.24) is 10.6 Å². The Balaban J connectivity index is 2.37. The molecule has 0 aliphatic carbocycles. The van der Waals surface area contributed by atoms with Gasteiger partial charge in [0.2, 0.25) is 5.91 Å². The van der Waals surface area contributed by atoms with Gasteiger partial charge in [-0.2, -0.15) is 0 Å². The first-order chi connectivity index (χ1) is 9.52. The van der Waals surface area contributed by atoms with Crippen LogP contribution in [0.2, 0.25) is 0 Å². The van der Waals surface area contributed by atoms with Crippen LogP contribution in [0.5, 0.6) is 0 Å². The molecule has 114 valence electrons. The number of hydrogen-bond donors (Lipinski definition) is 3. The standard InChI is InChI=1S/C13H22N2O5/c1-20-12(17)5-4-10(13(18)19)15-11(16)7-9-3-2-6-14-8-9/h9-10,14H,2-8H2,1H3,(H,15,16)(H,18,19). The maximum Gasteiger partial charge on any atom is 0.326 e. The van der Waals surface area contributed by atoms with E-state index in [9.17, 15) is 14.4 Å². The van der Waals surface area contributed by atoms with Gasteiger partial charge in [-0.25, -0.2) is 4.79 Å². The maximum absolute atomic E-state index is 11.8. The van der Waals surface area contributed by atoms with E-state index in [0.717, 1.165) is 25.9 Å². The molecule has 2 atom stereocenters. The molecule has 7 nitrogen and oxygen atoms in total. The first-order valence-corrected chi connectivity index (χ1v) is 6.82. The summed E-state index contributed by atoms with van der Waals surface area (Å²) in [6, 6.07) is -1.04. The highest BCUT2D eigenvalue weighted by molar-refractivity contribution is 5.84. The van der Waals surface area contributed by atoms with Crippen LogP contribution in [0.3, 0.4) is 0 Å². The summed E-state index contributed by atoms with van der Waals surface area (Å²) < 4.78 is 4.45. The van der Waals surface area contributed by atoms with Crippen molar-refractivity contribution in [2.75, 3.05) is 20.2 Å². The number of carboxylic acid groups (broad SMARTS) is 1. The van der Waals surface area contributed by atoms with E-state index >= 15 is 0 Å². The van der Waals surface area contributed by atoms with Crippen LogP contribution in [0.15, 0.2) is 0 Å². The molecule has 1 saturated heterocycles. The van der Waals surface area contributed by atoms with Crippen molar-refractivity contribution >= 4 is 17.8 Å². The topological polar surface area (TPSA) is 105 Å². The van der Waals surface area contributed by atoms with E-state index in [1.165, 1.54) is 7.11 Å². The molecule has 20 heavy (non-hydrogen) atoms. The quantitative estimate of drug-likeness (QED) is 0.564. The van der Waals surface area contributed by atoms with E-state index in [0.29, 0.717) is 6.42 Å². The molecule has 0 aromatic carbocycles. The van der Waals surface area contributed by atoms with Gasteiger partial charge in [-0.1, -0.05) is 0 Å². The van der Waals surface area contributed by atoms with Crippen LogP contribution in [0, 0.1) is 5.92 Å². The molecule has 0 radical (unpaired) electrons. The second kappa shape index (κ2) is 8.52. The van der Waals surface area contributed by atoms with Gasteiger partial charge in [-0.05, 0) is 38.3 Å². The third kappa shape index (κ3) is 6.01. The van der Waals surface area contributed by atoms with E-state index in [1.54, 1.807) is 0 Å². The van der Waals surface area contributed by atoms with Crippen LogP contribution in [0.1, 0.15) is 32.1 Å². The van der Waals surface area contributed by atoms with Crippen molar-refractivity contribution in [3.8, 4) is 0 Å². The molecule has 1 aliphatic rings. The van der Waals surface area contributed by atoms with Crippen LogP contribution >= 0.6 is 0 Å². The summed E-state index contributed by atoms with van der Waals surface area (Å²) in [5.74, 6) is -1.65. The number of ether oxygens (including phenoxy) is 1. The normalized spacial score (nSPS) is 19.9. The molecule has 7 heteroatoms. The van der Waals surface area contributed by atoms with Gasteiger partial charge in [0.1, 0.15) is 6.04 Å². The van der Waals surface area contributed by atoms with Gasteiger partial charge in [-0.3, -0.25) is 9.59 Å². The fourth-order valence-corrected chi connectivity index (χ4v) is 2.24.